The lowest BCUT2D eigenvalue weighted by molar-refractivity contribution is -0.139. The molecular formula is C23H20BrClN2O3S. The van der Waals surface area contributed by atoms with Crippen LogP contribution in [0.4, 0.5) is 5.69 Å². The fourth-order valence-electron chi connectivity index (χ4n) is 3.11. The van der Waals surface area contributed by atoms with Crippen molar-refractivity contribution in [3.8, 4) is 0 Å². The highest BCUT2D eigenvalue weighted by atomic mass is 79.9. The van der Waals surface area contributed by atoms with Gasteiger partial charge in [0, 0.05) is 9.50 Å². The number of thioether (sulfide) groups is 1. The number of carbonyl (C=O) groups is 2. The molecule has 0 N–H and O–H groups in total. The first-order valence-electron chi connectivity index (χ1n) is 9.30. The minimum atomic E-state index is -0.492. The first-order valence-corrected chi connectivity index (χ1v) is 11.8. The Balaban J connectivity index is 2.11. The summed E-state index contributed by atoms with van der Waals surface area (Å²) in [6.45, 7) is 1.79. The highest BCUT2D eigenvalue weighted by Gasteiger charge is 2.31. The summed E-state index contributed by atoms with van der Waals surface area (Å²) in [6.07, 6.45) is 5.35. The van der Waals surface area contributed by atoms with Crippen LogP contribution in [0.15, 0.2) is 75.8 Å². The molecule has 160 valence electrons. The summed E-state index contributed by atoms with van der Waals surface area (Å²) in [5.41, 5.74) is 3.12. The van der Waals surface area contributed by atoms with Crippen LogP contribution in [0.3, 0.4) is 0 Å². The van der Waals surface area contributed by atoms with Crippen molar-refractivity contribution in [3.63, 3.8) is 0 Å². The molecule has 2 aromatic carbocycles. The molecule has 0 bridgehead atoms. The number of halogens is 2. The number of hydrogen-bond acceptors (Lipinski definition) is 5. The molecule has 3 rings (SSSR count). The molecule has 31 heavy (non-hydrogen) atoms. The maximum absolute atomic E-state index is 13.4. The second-order valence-corrected chi connectivity index (χ2v) is 8.95. The first kappa shape index (κ1) is 23.3. The normalized spacial score (nSPS) is 16.5. The van der Waals surface area contributed by atoms with Crippen LogP contribution in [0.1, 0.15) is 12.5 Å². The third-order valence-electron chi connectivity index (χ3n) is 4.62. The van der Waals surface area contributed by atoms with Crippen LogP contribution in [-0.2, 0) is 14.3 Å². The van der Waals surface area contributed by atoms with Crippen molar-refractivity contribution in [1.29, 1.82) is 0 Å². The highest BCUT2D eigenvalue weighted by Crippen LogP contribution is 2.32. The van der Waals surface area contributed by atoms with Crippen molar-refractivity contribution < 1.29 is 14.3 Å². The standard InChI is InChI=1S/C23H20BrClN2O3S/c1-14-21(22(28)27(26-14)18-6-4-5-17(25)13-18)19(15-7-9-16(24)10-8-15)11-12-20(31-3)23(29)30-2/h4-13,20H,1-3H3/b12-11+,21-19+. The topological polar surface area (TPSA) is 59.0 Å². The fraction of sp³-hybridized carbons (Fsp3) is 0.174. The molecule has 8 heteroatoms. The predicted molar refractivity (Wildman–Crippen MR) is 132 cm³/mol. The van der Waals surface area contributed by atoms with Gasteiger partial charge in [-0.3, -0.25) is 9.59 Å². The second kappa shape index (κ2) is 10.3. The van der Waals surface area contributed by atoms with Crippen LogP contribution in [-0.4, -0.2) is 36.2 Å². The Morgan fingerprint density at radius 1 is 1.26 bits per heavy atom. The summed E-state index contributed by atoms with van der Waals surface area (Å²) in [6, 6.07) is 14.6. The van der Waals surface area contributed by atoms with Crippen molar-refractivity contribution in [2.24, 2.45) is 5.10 Å². The quantitative estimate of drug-likeness (QED) is 0.361. The summed E-state index contributed by atoms with van der Waals surface area (Å²) in [5.74, 6) is -0.617. The van der Waals surface area contributed by atoms with Gasteiger partial charge in [-0.1, -0.05) is 57.9 Å². The molecule has 1 aliphatic rings. The number of hydrogen-bond donors (Lipinski definition) is 0. The molecule has 1 unspecified atom stereocenters. The molecule has 2 aromatic rings. The van der Waals surface area contributed by atoms with E-state index in [1.54, 1.807) is 43.3 Å². The van der Waals surface area contributed by atoms with Gasteiger partial charge in [0.05, 0.1) is 24.1 Å². The van der Waals surface area contributed by atoms with Gasteiger partial charge in [-0.2, -0.15) is 10.1 Å². The number of carbonyl (C=O) groups excluding carboxylic acids is 2. The number of ether oxygens (including phenoxy) is 1. The number of esters is 1. The van der Waals surface area contributed by atoms with Crippen LogP contribution in [0.5, 0.6) is 0 Å². The fourth-order valence-corrected chi connectivity index (χ4v) is 4.08. The van der Waals surface area contributed by atoms with E-state index in [0.29, 0.717) is 27.6 Å². The highest BCUT2D eigenvalue weighted by molar-refractivity contribution is 9.10. The number of nitrogens with zero attached hydrogens (tertiary/aromatic N) is 2. The lowest BCUT2D eigenvalue weighted by Gasteiger charge is -2.14. The third-order valence-corrected chi connectivity index (χ3v) is 6.24. The van der Waals surface area contributed by atoms with Crippen molar-refractivity contribution in [1.82, 2.24) is 0 Å². The van der Waals surface area contributed by atoms with Crippen LogP contribution in [0.2, 0.25) is 5.02 Å². The molecule has 0 fully saturated rings. The maximum atomic E-state index is 13.4. The Bertz CT molecular complexity index is 1100. The van der Waals surface area contributed by atoms with E-state index in [4.69, 9.17) is 16.3 Å². The summed E-state index contributed by atoms with van der Waals surface area (Å²) in [4.78, 5) is 25.4. The smallest absolute Gasteiger partial charge is 0.322 e. The first-order chi connectivity index (χ1) is 14.8. The van der Waals surface area contributed by atoms with E-state index in [-0.39, 0.29) is 11.9 Å². The minimum absolute atomic E-state index is 0.263. The molecule has 0 saturated heterocycles. The Labute approximate surface area is 198 Å². The summed E-state index contributed by atoms with van der Waals surface area (Å²) in [5, 5.41) is 5.84. The Hall–Kier alpha value is -2.35. The molecule has 0 saturated carbocycles. The van der Waals surface area contributed by atoms with Gasteiger partial charge >= 0.3 is 5.97 Å². The summed E-state index contributed by atoms with van der Waals surface area (Å²) < 4.78 is 5.79. The van der Waals surface area contributed by atoms with Crippen molar-refractivity contribution >= 4 is 68.1 Å². The number of rotatable bonds is 6. The number of hydrazone groups is 1. The molecule has 0 spiro atoms. The van der Waals surface area contributed by atoms with E-state index in [1.807, 2.05) is 30.5 Å². The lowest BCUT2D eigenvalue weighted by atomic mass is 9.96. The van der Waals surface area contributed by atoms with Gasteiger partial charge in [0.15, 0.2) is 0 Å². The van der Waals surface area contributed by atoms with E-state index < -0.39 is 5.25 Å². The minimum Gasteiger partial charge on any atom is -0.468 e. The maximum Gasteiger partial charge on any atom is 0.322 e. The number of amides is 1. The van der Waals surface area contributed by atoms with Gasteiger partial charge in [-0.25, -0.2) is 0 Å². The molecule has 0 aliphatic carbocycles. The van der Waals surface area contributed by atoms with E-state index in [2.05, 4.69) is 21.0 Å². The van der Waals surface area contributed by atoms with Crippen molar-refractivity contribution in [2.75, 3.05) is 18.4 Å². The average Bonchev–Trinajstić information content (AvgIpc) is 3.06. The molecule has 1 amide bonds. The Kier molecular flexibility index (Phi) is 7.75. The lowest BCUT2D eigenvalue weighted by Crippen LogP contribution is -2.22. The van der Waals surface area contributed by atoms with Crippen LogP contribution < -0.4 is 5.01 Å². The van der Waals surface area contributed by atoms with Gasteiger partial charge in [-0.05, 0) is 54.6 Å². The number of methoxy groups -OCH3 is 1. The number of allylic oxidation sites excluding steroid dienone is 2. The molecule has 1 heterocycles. The van der Waals surface area contributed by atoms with Crippen molar-refractivity contribution in [2.45, 2.75) is 12.2 Å². The zero-order valence-corrected chi connectivity index (χ0v) is 20.3. The molecule has 0 radical (unpaired) electrons. The SMILES string of the molecule is COC(=O)C(/C=C/C(=C1\C(=O)N(c2cccc(Cl)c2)N=C1C)c1ccc(Br)cc1)SC. The largest absolute Gasteiger partial charge is 0.468 e. The van der Waals surface area contributed by atoms with Gasteiger partial charge in [-0.15, -0.1) is 11.8 Å². The Morgan fingerprint density at radius 3 is 2.58 bits per heavy atom. The second-order valence-electron chi connectivity index (χ2n) is 6.62. The molecule has 5 nitrogen and oxygen atoms in total. The van der Waals surface area contributed by atoms with Gasteiger partial charge in [0.25, 0.3) is 5.91 Å². The number of anilines is 1. The van der Waals surface area contributed by atoms with E-state index >= 15 is 0 Å². The van der Waals surface area contributed by atoms with Crippen LogP contribution >= 0.6 is 39.3 Å². The van der Waals surface area contributed by atoms with Crippen LogP contribution in [0.25, 0.3) is 5.57 Å². The van der Waals surface area contributed by atoms with E-state index in [9.17, 15) is 9.59 Å². The van der Waals surface area contributed by atoms with Crippen molar-refractivity contribution in [3.05, 3.63) is 81.3 Å². The monoisotopic (exact) mass is 518 g/mol. The zero-order valence-electron chi connectivity index (χ0n) is 17.1. The van der Waals surface area contributed by atoms with E-state index in [0.717, 1.165) is 10.0 Å². The molecule has 0 aromatic heterocycles. The average molecular weight is 520 g/mol. The van der Waals surface area contributed by atoms with Gasteiger partial charge < -0.3 is 4.74 Å². The summed E-state index contributed by atoms with van der Waals surface area (Å²) >= 11 is 10.9. The Morgan fingerprint density at radius 2 is 1.97 bits per heavy atom. The molecular weight excluding hydrogens is 500 g/mol. The third kappa shape index (κ3) is 5.29. The van der Waals surface area contributed by atoms with Gasteiger partial charge in [0.2, 0.25) is 0 Å². The molecule has 1 aliphatic heterocycles. The summed E-state index contributed by atoms with van der Waals surface area (Å²) in [7, 11) is 1.35. The molecule has 1 atom stereocenters. The van der Waals surface area contributed by atoms with Crippen LogP contribution in [0, 0.1) is 0 Å². The van der Waals surface area contributed by atoms with E-state index in [1.165, 1.54) is 23.9 Å². The van der Waals surface area contributed by atoms with Gasteiger partial charge in [0.1, 0.15) is 5.25 Å². The predicted octanol–water partition coefficient (Wildman–Crippen LogP) is 5.74. The number of benzene rings is 2. The zero-order chi connectivity index (χ0) is 22.5.